The van der Waals surface area contributed by atoms with Gasteiger partial charge in [-0.25, -0.2) is 9.59 Å². The van der Waals surface area contributed by atoms with Crippen LogP contribution in [-0.2, 0) is 9.59 Å². The minimum atomic E-state index is -1.26. The van der Waals surface area contributed by atoms with E-state index >= 15 is 0 Å². The zero-order valence-electron chi connectivity index (χ0n) is 11.4. The van der Waals surface area contributed by atoms with Crippen LogP contribution in [0.3, 0.4) is 0 Å². The lowest BCUT2D eigenvalue weighted by Crippen LogP contribution is -2.17. The van der Waals surface area contributed by atoms with Crippen LogP contribution in [0, 0.1) is 0 Å². The Morgan fingerprint density at radius 1 is 1.05 bits per heavy atom. The highest BCUT2D eigenvalue weighted by Crippen LogP contribution is 2.16. The van der Waals surface area contributed by atoms with E-state index < -0.39 is 11.9 Å². The van der Waals surface area contributed by atoms with Crippen molar-refractivity contribution in [3.8, 4) is 0 Å². The van der Waals surface area contributed by atoms with Gasteiger partial charge in [-0.15, -0.1) is 11.3 Å². The SMILES string of the molecule is C1=c2ccsc2=Cc2ccccc2N1.O=C(O)/C=C/C(=O)O. The van der Waals surface area contributed by atoms with E-state index in [2.05, 4.69) is 47.2 Å². The average Bonchev–Trinajstić information content (AvgIpc) is 2.85. The highest BCUT2D eigenvalue weighted by molar-refractivity contribution is 7.07. The fraction of sp³-hybridized carbons (Fsp3) is 0. The molecule has 22 heavy (non-hydrogen) atoms. The summed E-state index contributed by atoms with van der Waals surface area (Å²) in [6.07, 6.45) is 5.41. The Balaban J connectivity index is 0.000000192. The lowest BCUT2D eigenvalue weighted by molar-refractivity contribution is -0.134. The molecule has 0 bridgehead atoms. The molecule has 0 radical (unpaired) electrons. The molecule has 112 valence electrons. The van der Waals surface area contributed by atoms with Gasteiger partial charge >= 0.3 is 11.9 Å². The maximum Gasteiger partial charge on any atom is 0.328 e. The molecule has 0 saturated carbocycles. The van der Waals surface area contributed by atoms with E-state index in [-0.39, 0.29) is 0 Å². The third kappa shape index (κ3) is 4.32. The maximum absolute atomic E-state index is 9.55. The molecular weight excluding hydrogens is 302 g/mol. The molecule has 0 amide bonds. The standard InChI is InChI=1S/C12H9NS.C4H4O4/c1-2-4-11-9(3-1)7-12-10(8-13-11)5-6-14-12;5-3(6)1-2-4(7)8/h1-8,13H;1-2H,(H,5,6)(H,7,8)/b;2-1+. The third-order valence-electron chi connectivity index (χ3n) is 2.73. The van der Waals surface area contributed by atoms with Gasteiger partial charge in [-0.3, -0.25) is 0 Å². The van der Waals surface area contributed by atoms with Crippen LogP contribution in [0.2, 0.25) is 0 Å². The van der Waals surface area contributed by atoms with E-state index in [0.29, 0.717) is 12.2 Å². The summed E-state index contributed by atoms with van der Waals surface area (Å²) in [6.45, 7) is 0. The molecule has 0 saturated heterocycles. The van der Waals surface area contributed by atoms with Crippen LogP contribution in [0.25, 0.3) is 12.3 Å². The number of aliphatic carboxylic acids is 2. The van der Waals surface area contributed by atoms with Crippen molar-refractivity contribution in [3.63, 3.8) is 0 Å². The Labute approximate surface area is 130 Å². The van der Waals surface area contributed by atoms with Gasteiger partial charge in [-0.05, 0) is 29.2 Å². The van der Waals surface area contributed by atoms with Crippen molar-refractivity contribution in [2.45, 2.75) is 0 Å². The van der Waals surface area contributed by atoms with E-state index in [1.54, 1.807) is 11.3 Å². The Morgan fingerprint density at radius 2 is 1.73 bits per heavy atom. The fourth-order valence-electron chi connectivity index (χ4n) is 1.76. The number of carbonyl (C=O) groups is 2. The zero-order valence-corrected chi connectivity index (χ0v) is 12.2. The lowest BCUT2D eigenvalue weighted by Gasteiger charge is -2.02. The van der Waals surface area contributed by atoms with Crippen LogP contribution in [0.1, 0.15) is 5.56 Å². The monoisotopic (exact) mass is 315 g/mol. The molecule has 0 unspecified atom stereocenters. The molecule has 6 heteroatoms. The summed E-state index contributed by atoms with van der Waals surface area (Å²) in [5.41, 5.74) is 2.43. The minimum absolute atomic E-state index is 0.558. The van der Waals surface area contributed by atoms with Crippen molar-refractivity contribution in [3.05, 3.63) is 63.2 Å². The summed E-state index contributed by atoms with van der Waals surface area (Å²) in [5.74, 6) is -2.51. The molecule has 3 N–H and O–H groups in total. The number of nitrogens with one attached hydrogen (secondary N) is 1. The normalized spacial score (nSPS) is 11.5. The Kier molecular flexibility index (Phi) is 5.11. The first-order valence-electron chi connectivity index (χ1n) is 6.31. The van der Waals surface area contributed by atoms with Gasteiger partial charge in [0.1, 0.15) is 0 Å². The summed E-state index contributed by atoms with van der Waals surface area (Å²) >= 11 is 1.78. The molecule has 1 aliphatic rings. The molecule has 2 aromatic rings. The molecule has 0 atom stereocenters. The topological polar surface area (TPSA) is 86.6 Å². The number of hydrogen-bond donors (Lipinski definition) is 3. The summed E-state index contributed by atoms with van der Waals surface area (Å²) in [5, 5.41) is 22.3. The third-order valence-corrected chi connectivity index (χ3v) is 3.61. The van der Waals surface area contributed by atoms with Gasteiger partial charge < -0.3 is 15.5 Å². The Morgan fingerprint density at radius 3 is 2.41 bits per heavy atom. The molecule has 2 heterocycles. The molecule has 0 aliphatic carbocycles. The van der Waals surface area contributed by atoms with Gasteiger partial charge in [0, 0.05) is 33.8 Å². The fourth-order valence-corrected chi connectivity index (χ4v) is 2.58. The molecule has 1 aromatic carbocycles. The predicted octanol–water partition coefficient (Wildman–Crippen LogP) is 1.45. The average molecular weight is 315 g/mol. The second-order valence-corrected chi connectivity index (χ2v) is 5.22. The summed E-state index contributed by atoms with van der Waals surface area (Å²) in [4.78, 5) is 19.1. The molecule has 1 aliphatic heterocycles. The molecule has 3 rings (SSSR count). The highest BCUT2D eigenvalue weighted by atomic mass is 32.1. The van der Waals surface area contributed by atoms with Crippen molar-refractivity contribution < 1.29 is 19.8 Å². The minimum Gasteiger partial charge on any atom is -0.478 e. The number of carboxylic acid groups (broad SMARTS) is 2. The molecule has 1 aromatic heterocycles. The van der Waals surface area contributed by atoms with Crippen molar-refractivity contribution in [2.24, 2.45) is 0 Å². The van der Waals surface area contributed by atoms with Crippen LogP contribution in [-0.4, -0.2) is 22.2 Å². The second-order valence-electron chi connectivity index (χ2n) is 4.27. The summed E-state index contributed by atoms with van der Waals surface area (Å²) < 4.78 is 1.32. The van der Waals surface area contributed by atoms with Gasteiger partial charge in [-0.2, -0.15) is 0 Å². The predicted molar refractivity (Wildman–Crippen MR) is 86.1 cm³/mol. The molecular formula is C16H13NO4S. The van der Waals surface area contributed by atoms with Crippen molar-refractivity contribution >= 4 is 41.2 Å². The second kappa shape index (κ2) is 7.24. The number of para-hydroxylation sites is 1. The maximum atomic E-state index is 9.55. The first-order chi connectivity index (χ1) is 10.6. The van der Waals surface area contributed by atoms with Gasteiger partial charge in [0.2, 0.25) is 0 Å². The van der Waals surface area contributed by atoms with Crippen LogP contribution >= 0.6 is 11.3 Å². The van der Waals surface area contributed by atoms with E-state index in [4.69, 9.17) is 10.2 Å². The number of fused-ring (bicyclic) bond motifs is 2. The summed E-state index contributed by atoms with van der Waals surface area (Å²) in [6, 6.07) is 10.5. The van der Waals surface area contributed by atoms with E-state index in [1.807, 2.05) is 6.07 Å². The first-order valence-corrected chi connectivity index (χ1v) is 7.19. The van der Waals surface area contributed by atoms with Gasteiger partial charge in [-0.1, -0.05) is 18.2 Å². The van der Waals surface area contributed by atoms with Gasteiger partial charge in [0.25, 0.3) is 0 Å². The highest BCUT2D eigenvalue weighted by Gasteiger charge is 2.00. The van der Waals surface area contributed by atoms with Crippen molar-refractivity contribution in [1.82, 2.24) is 0 Å². The Bertz CT molecular complexity index is 820. The van der Waals surface area contributed by atoms with Crippen LogP contribution < -0.4 is 15.1 Å². The van der Waals surface area contributed by atoms with E-state index in [1.165, 1.54) is 21.0 Å². The van der Waals surface area contributed by atoms with Crippen LogP contribution in [0.4, 0.5) is 5.69 Å². The van der Waals surface area contributed by atoms with Crippen LogP contribution in [0.5, 0.6) is 0 Å². The van der Waals surface area contributed by atoms with E-state index in [9.17, 15) is 9.59 Å². The quantitative estimate of drug-likeness (QED) is 0.730. The van der Waals surface area contributed by atoms with Gasteiger partial charge in [0.05, 0.1) is 0 Å². The number of carboxylic acids is 2. The zero-order chi connectivity index (χ0) is 15.9. The van der Waals surface area contributed by atoms with Crippen molar-refractivity contribution in [2.75, 3.05) is 5.32 Å². The molecule has 0 spiro atoms. The smallest absolute Gasteiger partial charge is 0.328 e. The first kappa shape index (κ1) is 15.5. The number of anilines is 1. The van der Waals surface area contributed by atoms with E-state index in [0.717, 1.165) is 0 Å². The lowest BCUT2D eigenvalue weighted by atomic mass is 10.2. The number of thiophene rings is 1. The molecule has 5 nitrogen and oxygen atoms in total. The number of hydrogen-bond acceptors (Lipinski definition) is 4. The summed E-state index contributed by atoms with van der Waals surface area (Å²) in [7, 11) is 0. The Hall–Kier alpha value is -2.86. The molecule has 0 fully saturated rings. The van der Waals surface area contributed by atoms with Crippen LogP contribution in [0.15, 0.2) is 47.9 Å². The largest absolute Gasteiger partial charge is 0.478 e. The van der Waals surface area contributed by atoms with Crippen molar-refractivity contribution in [1.29, 1.82) is 0 Å². The number of rotatable bonds is 2. The number of benzene rings is 1. The van der Waals surface area contributed by atoms with Gasteiger partial charge in [0.15, 0.2) is 0 Å².